The molecule has 2 aromatic carbocycles. The lowest BCUT2D eigenvalue weighted by molar-refractivity contribution is -0.660. The van der Waals surface area contributed by atoms with Gasteiger partial charge in [0.25, 0.3) is 0 Å². The fourth-order valence-electron chi connectivity index (χ4n) is 3.41. The third-order valence-electron chi connectivity index (χ3n) is 4.84. The minimum Gasteiger partial charge on any atom is -0.201 e. The van der Waals surface area contributed by atoms with Crippen LogP contribution in [0.4, 0.5) is 0 Å². The Morgan fingerprint density at radius 2 is 1.54 bits per heavy atom. The molecule has 0 bridgehead atoms. The van der Waals surface area contributed by atoms with Gasteiger partial charge in [-0.1, -0.05) is 51.1 Å². The van der Waals surface area contributed by atoms with E-state index in [-0.39, 0.29) is 11.1 Å². The van der Waals surface area contributed by atoms with E-state index in [1.54, 1.807) is 55.1 Å². The second kappa shape index (κ2) is 7.54. The van der Waals surface area contributed by atoms with Crippen LogP contribution in [0.15, 0.2) is 48.7 Å². The standard InChI is InChI=1S/C27H34N/c1-18-14-26(28(8)17-21(18)4)25-15-24(19(2)13-20(25)3)23-11-9-22(10-12-23)16-27(5,6)7/h9-15,17H,16H2,1-8H3/q+1/i2D3,4D3,16D2. The van der Waals surface area contributed by atoms with Crippen molar-refractivity contribution < 1.29 is 15.5 Å². The first-order valence-corrected chi connectivity index (χ1v) is 9.52. The van der Waals surface area contributed by atoms with E-state index in [0.29, 0.717) is 22.3 Å². The van der Waals surface area contributed by atoms with Crippen LogP contribution >= 0.6 is 0 Å². The minimum atomic E-state index is -2.35. The summed E-state index contributed by atoms with van der Waals surface area (Å²) in [6.07, 6.45) is 0.0461. The Hall–Kier alpha value is -2.41. The normalized spacial score (nSPS) is 17.4. The van der Waals surface area contributed by atoms with Crippen molar-refractivity contribution in [2.75, 3.05) is 0 Å². The van der Waals surface area contributed by atoms with Gasteiger partial charge in [0.1, 0.15) is 7.05 Å². The van der Waals surface area contributed by atoms with Crippen LogP contribution in [0.2, 0.25) is 0 Å². The summed E-state index contributed by atoms with van der Waals surface area (Å²) in [6.45, 7) is 4.58. The highest BCUT2D eigenvalue weighted by Gasteiger charge is 2.17. The van der Waals surface area contributed by atoms with Gasteiger partial charge in [0.15, 0.2) is 6.20 Å². The maximum absolute atomic E-state index is 8.55. The molecule has 3 rings (SSSR count). The van der Waals surface area contributed by atoms with E-state index in [1.807, 2.05) is 39.8 Å². The lowest BCUT2D eigenvalue weighted by Crippen LogP contribution is -2.31. The van der Waals surface area contributed by atoms with Crippen LogP contribution in [0.25, 0.3) is 22.4 Å². The number of aromatic nitrogens is 1. The Labute approximate surface area is 182 Å². The SMILES string of the molecule is [2H]C([2H])([2H])c1c[n+](C)c(-c2cc(-c3ccc(C([2H])([2H])C(C)(C)C)cc3)c(C([2H])([2H])[2H])cc2C)cc1C. The summed E-state index contributed by atoms with van der Waals surface area (Å²) in [5.74, 6) is 0. The van der Waals surface area contributed by atoms with E-state index < -0.39 is 25.5 Å². The molecule has 0 radical (unpaired) electrons. The van der Waals surface area contributed by atoms with Crippen molar-refractivity contribution in [2.45, 2.75) is 54.7 Å². The molecule has 1 heteroatoms. The summed E-state index contributed by atoms with van der Waals surface area (Å²) in [5.41, 5.74) is 4.60. The molecule has 0 saturated heterocycles. The zero-order valence-electron chi connectivity index (χ0n) is 25.6. The molecule has 1 heterocycles. The molecule has 0 aliphatic rings. The lowest BCUT2D eigenvalue weighted by atomic mass is 9.87. The van der Waals surface area contributed by atoms with Crippen molar-refractivity contribution in [3.05, 3.63) is 76.5 Å². The van der Waals surface area contributed by atoms with Gasteiger partial charge >= 0.3 is 0 Å². The number of nitrogens with zero attached hydrogens (tertiary/aromatic N) is 1. The van der Waals surface area contributed by atoms with Gasteiger partial charge in [0.2, 0.25) is 5.69 Å². The summed E-state index contributed by atoms with van der Waals surface area (Å²) >= 11 is 0. The van der Waals surface area contributed by atoms with Gasteiger partial charge in [0, 0.05) is 28.2 Å². The molecule has 146 valence electrons. The molecule has 0 saturated carbocycles. The molecule has 0 aliphatic heterocycles. The van der Waals surface area contributed by atoms with Gasteiger partial charge in [-0.15, -0.1) is 0 Å². The van der Waals surface area contributed by atoms with Crippen molar-refractivity contribution in [3.8, 4) is 22.4 Å². The predicted molar refractivity (Wildman–Crippen MR) is 121 cm³/mol. The Balaban J connectivity index is 2.23. The maximum Gasteiger partial charge on any atom is 0.212 e. The summed E-state index contributed by atoms with van der Waals surface area (Å²) in [4.78, 5) is 0. The Kier molecular flexibility index (Phi) is 3.29. The van der Waals surface area contributed by atoms with E-state index in [2.05, 4.69) is 0 Å². The van der Waals surface area contributed by atoms with E-state index in [9.17, 15) is 0 Å². The highest BCUT2D eigenvalue weighted by atomic mass is 14.9. The zero-order valence-corrected chi connectivity index (χ0v) is 17.6. The number of benzene rings is 2. The average Bonchev–Trinajstić information content (AvgIpc) is 2.73. The van der Waals surface area contributed by atoms with Gasteiger partial charge in [-0.2, -0.15) is 0 Å². The second-order valence-electron chi connectivity index (χ2n) is 8.53. The van der Waals surface area contributed by atoms with E-state index in [0.717, 1.165) is 16.8 Å². The second-order valence-corrected chi connectivity index (χ2v) is 8.53. The van der Waals surface area contributed by atoms with Gasteiger partial charge < -0.3 is 0 Å². The van der Waals surface area contributed by atoms with Crippen LogP contribution in [0.1, 0.15) is 59.6 Å². The van der Waals surface area contributed by atoms with Crippen LogP contribution < -0.4 is 4.57 Å². The quantitative estimate of drug-likeness (QED) is 0.447. The van der Waals surface area contributed by atoms with Gasteiger partial charge in [0.05, 0.1) is 0 Å². The summed E-state index contributed by atoms with van der Waals surface area (Å²) in [5, 5.41) is 0. The van der Waals surface area contributed by atoms with E-state index >= 15 is 0 Å². The van der Waals surface area contributed by atoms with Crippen molar-refractivity contribution >= 4 is 0 Å². The highest BCUT2D eigenvalue weighted by molar-refractivity contribution is 5.76. The molecular weight excluding hydrogens is 338 g/mol. The first-order valence-electron chi connectivity index (χ1n) is 13.5. The Morgan fingerprint density at radius 3 is 2.14 bits per heavy atom. The molecule has 1 nitrogen and oxygen atoms in total. The fourth-order valence-corrected chi connectivity index (χ4v) is 3.41. The van der Waals surface area contributed by atoms with Crippen molar-refractivity contribution in [1.29, 1.82) is 0 Å². The van der Waals surface area contributed by atoms with E-state index in [1.165, 1.54) is 0 Å². The monoisotopic (exact) mass is 380 g/mol. The predicted octanol–water partition coefficient (Wildman–Crippen LogP) is 6.67. The maximum atomic E-state index is 8.55. The Morgan fingerprint density at radius 1 is 0.857 bits per heavy atom. The molecule has 0 fully saturated rings. The zero-order chi connectivity index (χ0) is 27.4. The molecule has 0 atom stereocenters. The number of hydrogen-bond donors (Lipinski definition) is 0. The molecule has 1 aromatic heterocycles. The summed E-state index contributed by atoms with van der Waals surface area (Å²) < 4.78 is 66.7. The third-order valence-corrected chi connectivity index (χ3v) is 4.84. The average molecular weight is 381 g/mol. The van der Waals surface area contributed by atoms with Crippen molar-refractivity contribution in [3.63, 3.8) is 0 Å². The highest BCUT2D eigenvalue weighted by Crippen LogP contribution is 2.32. The molecule has 28 heavy (non-hydrogen) atoms. The van der Waals surface area contributed by atoms with E-state index in [4.69, 9.17) is 11.0 Å². The first kappa shape index (κ1) is 12.2. The largest absolute Gasteiger partial charge is 0.212 e. The van der Waals surface area contributed by atoms with Crippen LogP contribution in [-0.2, 0) is 13.4 Å². The lowest BCUT2D eigenvalue weighted by Gasteiger charge is -2.18. The minimum absolute atomic E-state index is 0.216. The number of rotatable bonds is 3. The van der Waals surface area contributed by atoms with Crippen molar-refractivity contribution in [2.24, 2.45) is 12.5 Å². The summed E-state index contributed by atoms with van der Waals surface area (Å²) in [6, 6.07) is 12.3. The van der Waals surface area contributed by atoms with Crippen LogP contribution in [0.3, 0.4) is 0 Å². The summed E-state index contributed by atoms with van der Waals surface area (Å²) in [7, 11) is 1.78. The van der Waals surface area contributed by atoms with Gasteiger partial charge in [-0.3, -0.25) is 0 Å². The van der Waals surface area contributed by atoms with Crippen LogP contribution in [0, 0.1) is 33.0 Å². The molecule has 0 aliphatic carbocycles. The molecule has 0 spiro atoms. The molecular formula is C27H34N+. The van der Waals surface area contributed by atoms with Crippen LogP contribution in [0.5, 0.6) is 0 Å². The molecule has 3 aromatic rings. The third kappa shape index (κ3) is 4.35. The molecule has 0 amide bonds. The van der Waals surface area contributed by atoms with Crippen molar-refractivity contribution in [1.82, 2.24) is 0 Å². The molecule has 0 unspecified atom stereocenters. The Bertz CT molecular complexity index is 1280. The molecule has 0 N–H and O–H groups in total. The topological polar surface area (TPSA) is 3.88 Å². The smallest absolute Gasteiger partial charge is 0.201 e. The number of aryl methyl sites for hydroxylation is 5. The number of hydrogen-bond acceptors (Lipinski definition) is 0. The first-order chi connectivity index (χ1) is 16.2. The fraction of sp³-hybridized carbons (Fsp3) is 0.370. The van der Waals surface area contributed by atoms with Gasteiger partial charge in [-0.05, 0) is 78.8 Å². The number of pyridine rings is 1. The van der Waals surface area contributed by atoms with Crippen LogP contribution in [-0.4, -0.2) is 0 Å². The van der Waals surface area contributed by atoms with Gasteiger partial charge in [-0.25, -0.2) is 4.57 Å².